The van der Waals surface area contributed by atoms with Gasteiger partial charge < -0.3 is 9.47 Å². The first kappa shape index (κ1) is 15.3. The van der Waals surface area contributed by atoms with E-state index in [1.54, 1.807) is 14.2 Å². The molecule has 1 unspecified atom stereocenters. The third-order valence-corrected chi connectivity index (χ3v) is 2.44. The largest absolute Gasteiger partial charge is 0.383 e. The molecule has 0 spiro atoms. The highest BCUT2D eigenvalue weighted by Crippen LogP contribution is 2.04. The Hall–Kier alpha value is -0.690. The van der Waals surface area contributed by atoms with Crippen molar-refractivity contribution in [3.05, 3.63) is 0 Å². The van der Waals surface area contributed by atoms with E-state index in [2.05, 4.69) is 5.43 Å². The standard InChI is InChI=1S/C10H23N3O3/c1-4-9(10(14)12-11)13(5-7-15-2)6-8-16-3/h9H,4-8,11H2,1-3H3,(H,12,14). The molecule has 0 aromatic carbocycles. The number of nitrogens with zero attached hydrogens (tertiary/aromatic N) is 1. The molecule has 0 saturated heterocycles. The second-order valence-electron chi connectivity index (χ2n) is 3.45. The fourth-order valence-electron chi connectivity index (χ4n) is 1.55. The monoisotopic (exact) mass is 233 g/mol. The molecule has 0 aliphatic carbocycles. The van der Waals surface area contributed by atoms with Gasteiger partial charge in [0.2, 0.25) is 0 Å². The first-order valence-corrected chi connectivity index (χ1v) is 5.43. The Balaban J connectivity index is 4.35. The number of ether oxygens (including phenoxy) is 2. The van der Waals surface area contributed by atoms with Crippen LogP contribution in [0, 0.1) is 0 Å². The maximum absolute atomic E-state index is 11.6. The molecular formula is C10H23N3O3. The minimum Gasteiger partial charge on any atom is -0.383 e. The lowest BCUT2D eigenvalue weighted by Crippen LogP contribution is -2.50. The highest BCUT2D eigenvalue weighted by molar-refractivity contribution is 5.81. The van der Waals surface area contributed by atoms with Gasteiger partial charge >= 0.3 is 0 Å². The van der Waals surface area contributed by atoms with Crippen LogP contribution in [0.25, 0.3) is 0 Å². The van der Waals surface area contributed by atoms with Crippen LogP contribution in [0.3, 0.4) is 0 Å². The molecule has 3 N–H and O–H groups in total. The van der Waals surface area contributed by atoms with Gasteiger partial charge in [0.05, 0.1) is 19.3 Å². The van der Waals surface area contributed by atoms with Crippen LogP contribution in [-0.4, -0.2) is 57.4 Å². The molecule has 1 amide bonds. The molecule has 0 aliphatic heterocycles. The van der Waals surface area contributed by atoms with Gasteiger partial charge in [-0.1, -0.05) is 6.92 Å². The normalized spacial score (nSPS) is 12.8. The average Bonchev–Trinajstić information content (AvgIpc) is 2.32. The van der Waals surface area contributed by atoms with Crippen LogP contribution in [-0.2, 0) is 14.3 Å². The second-order valence-corrected chi connectivity index (χ2v) is 3.45. The molecule has 96 valence electrons. The van der Waals surface area contributed by atoms with Crippen molar-refractivity contribution >= 4 is 5.91 Å². The maximum atomic E-state index is 11.6. The van der Waals surface area contributed by atoms with E-state index in [9.17, 15) is 4.79 Å². The minimum atomic E-state index is -0.227. The Morgan fingerprint density at radius 3 is 2.12 bits per heavy atom. The van der Waals surface area contributed by atoms with Crippen molar-refractivity contribution in [1.29, 1.82) is 0 Å². The van der Waals surface area contributed by atoms with E-state index in [1.807, 2.05) is 11.8 Å². The van der Waals surface area contributed by atoms with E-state index < -0.39 is 0 Å². The third kappa shape index (κ3) is 5.41. The maximum Gasteiger partial charge on any atom is 0.251 e. The predicted molar refractivity (Wildman–Crippen MR) is 61.7 cm³/mol. The molecule has 0 bridgehead atoms. The summed E-state index contributed by atoms with van der Waals surface area (Å²) in [6.45, 7) is 4.49. The van der Waals surface area contributed by atoms with Crippen LogP contribution >= 0.6 is 0 Å². The third-order valence-electron chi connectivity index (χ3n) is 2.44. The first-order chi connectivity index (χ1) is 7.71. The SMILES string of the molecule is CCC(C(=O)NN)N(CCOC)CCOC. The van der Waals surface area contributed by atoms with Gasteiger partial charge in [0.1, 0.15) is 0 Å². The van der Waals surface area contributed by atoms with Crippen molar-refractivity contribution in [3.63, 3.8) is 0 Å². The molecule has 6 heteroatoms. The van der Waals surface area contributed by atoms with Gasteiger partial charge in [-0.2, -0.15) is 0 Å². The number of nitrogens with one attached hydrogen (secondary N) is 1. The summed E-state index contributed by atoms with van der Waals surface area (Å²) in [5, 5.41) is 0. The minimum absolute atomic E-state index is 0.172. The van der Waals surface area contributed by atoms with E-state index in [1.165, 1.54) is 0 Å². The number of carbonyl (C=O) groups excluding carboxylic acids is 1. The Morgan fingerprint density at radius 2 is 1.81 bits per heavy atom. The summed E-state index contributed by atoms with van der Waals surface area (Å²) in [6.07, 6.45) is 0.705. The van der Waals surface area contributed by atoms with Crippen LogP contribution in [0.1, 0.15) is 13.3 Å². The Labute approximate surface area is 97.0 Å². The highest BCUT2D eigenvalue weighted by Gasteiger charge is 2.22. The van der Waals surface area contributed by atoms with Crippen molar-refractivity contribution in [2.75, 3.05) is 40.5 Å². The molecule has 0 saturated carbocycles. The van der Waals surface area contributed by atoms with Crippen LogP contribution in [0.2, 0.25) is 0 Å². The van der Waals surface area contributed by atoms with E-state index in [0.29, 0.717) is 32.7 Å². The highest BCUT2D eigenvalue weighted by atomic mass is 16.5. The van der Waals surface area contributed by atoms with Gasteiger partial charge in [0.15, 0.2) is 0 Å². The van der Waals surface area contributed by atoms with Crippen molar-refractivity contribution in [2.24, 2.45) is 5.84 Å². The Kier molecular flexibility index (Phi) is 9.12. The summed E-state index contributed by atoms with van der Waals surface area (Å²) >= 11 is 0. The van der Waals surface area contributed by atoms with E-state index in [-0.39, 0.29) is 11.9 Å². The number of rotatable bonds is 9. The second kappa shape index (κ2) is 9.53. The van der Waals surface area contributed by atoms with Gasteiger partial charge in [-0.25, -0.2) is 5.84 Å². The summed E-state index contributed by atoms with van der Waals surface area (Å²) in [7, 11) is 3.27. The molecular weight excluding hydrogens is 210 g/mol. The zero-order valence-electron chi connectivity index (χ0n) is 10.4. The quantitative estimate of drug-likeness (QED) is 0.314. The molecule has 16 heavy (non-hydrogen) atoms. The van der Waals surface area contributed by atoms with Crippen LogP contribution in [0.15, 0.2) is 0 Å². The first-order valence-electron chi connectivity index (χ1n) is 5.43. The molecule has 0 aromatic rings. The molecule has 1 atom stereocenters. The molecule has 0 rings (SSSR count). The number of hydrogen-bond acceptors (Lipinski definition) is 5. The Bertz CT molecular complexity index is 182. The summed E-state index contributed by atoms with van der Waals surface area (Å²) < 4.78 is 10.0. The van der Waals surface area contributed by atoms with Crippen molar-refractivity contribution in [3.8, 4) is 0 Å². The summed E-state index contributed by atoms with van der Waals surface area (Å²) in [4.78, 5) is 13.6. The zero-order chi connectivity index (χ0) is 12.4. The van der Waals surface area contributed by atoms with Gasteiger partial charge in [-0.15, -0.1) is 0 Å². The number of hydrogen-bond donors (Lipinski definition) is 2. The number of methoxy groups -OCH3 is 2. The number of hydrazine groups is 1. The summed E-state index contributed by atoms with van der Waals surface area (Å²) in [5.74, 6) is 4.98. The molecule has 0 aliphatic rings. The van der Waals surface area contributed by atoms with Crippen LogP contribution in [0.5, 0.6) is 0 Å². The Morgan fingerprint density at radius 1 is 1.31 bits per heavy atom. The van der Waals surface area contributed by atoms with Crippen molar-refractivity contribution in [1.82, 2.24) is 10.3 Å². The molecule has 0 radical (unpaired) electrons. The molecule has 6 nitrogen and oxygen atoms in total. The number of carbonyl (C=O) groups is 1. The van der Waals surface area contributed by atoms with Gasteiger partial charge in [0.25, 0.3) is 5.91 Å². The van der Waals surface area contributed by atoms with E-state index in [0.717, 1.165) is 0 Å². The summed E-state index contributed by atoms with van der Waals surface area (Å²) in [6, 6.07) is -0.227. The summed E-state index contributed by atoms with van der Waals surface area (Å²) in [5.41, 5.74) is 2.19. The average molecular weight is 233 g/mol. The number of nitrogens with two attached hydrogens (primary N) is 1. The lowest BCUT2D eigenvalue weighted by Gasteiger charge is -2.29. The predicted octanol–water partition coefficient (Wildman–Crippen LogP) is -0.650. The van der Waals surface area contributed by atoms with Crippen LogP contribution < -0.4 is 11.3 Å². The van der Waals surface area contributed by atoms with Crippen molar-refractivity contribution < 1.29 is 14.3 Å². The number of amides is 1. The van der Waals surface area contributed by atoms with Gasteiger partial charge in [0, 0.05) is 27.3 Å². The van der Waals surface area contributed by atoms with Gasteiger partial charge in [-0.3, -0.25) is 15.1 Å². The molecule has 0 fully saturated rings. The smallest absolute Gasteiger partial charge is 0.251 e. The van der Waals surface area contributed by atoms with E-state index >= 15 is 0 Å². The lowest BCUT2D eigenvalue weighted by molar-refractivity contribution is -0.127. The van der Waals surface area contributed by atoms with Crippen LogP contribution in [0.4, 0.5) is 0 Å². The van der Waals surface area contributed by atoms with Crippen molar-refractivity contribution in [2.45, 2.75) is 19.4 Å². The fourth-order valence-corrected chi connectivity index (χ4v) is 1.55. The topological polar surface area (TPSA) is 76.8 Å². The molecule has 0 heterocycles. The lowest BCUT2D eigenvalue weighted by atomic mass is 10.2. The molecule has 0 aromatic heterocycles. The fraction of sp³-hybridized carbons (Fsp3) is 0.900. The zero-order valence-corrected chi connectivity index (χ0v) is 10.4. The van der Waals surface area contributed by atoms with Gasteiger partial charge in [-0.05, 0) is 6.42 Å². The van der Waals surface area contributed by atoms with E-state index in [4.69, 9.17) is 15.3 Å².